The van der Waals surface area contributed by atoms with Crippen molar-refractivity contribution in [1.82, 2.24) is 25.2 Å². The lowest BCUT2D eigenvalue weighted by atomic mass is 9.91. The predicted molar refractivity (Wildman–Crippen MR) is 116 cm³/mol. The number of rotatable bonds is 5. The molecule has 1 aromatic carbocycles. The minimum atomic E-state index is -1.06. The fourth-order valence-corrected chi connectivity index (χ4v) is 4.33. The van der Waals surface area contributed by atoms with Crippen molar-refractivity contribution in [3.63, 3.8) is 0 Å². The van der Waals surface area contributed by atoms with E-state index < -0.39 is 5.60 Å². The average molecular weight is 445 g/mol. The summed E-state index contributed by atoms with van der Waals surface area (Å²) in [5.74, 6) is -0.616. The standard InChI is InChI=1S/C22H29FN6O3/c1-15-17(23)7-4-8-18(15)25-21(31)28-11-9-22(32,10-12-28)14-29-13-19(26-27-29)20(30)24-16-5-2-3-6-16/h4,7-8,13,16,32H,2-3,5-6,9-12,14H2,1H3,(H,24,30)(H,25,31). The molecule has 2 fully saturated rings. The zero-order valence-corrected chi connectivity index (χ0v) is 18.2. The molecule has 2 aromatic rings. The topological polar surface area (TPSA) is 112 Å². The summed E-state index contributed by atoms with van der Waals surface area (Å²) in [4.78, 5) is 26.5. The van der Waals surface area contributed by atoms with E-state index in [1.807, 2.05) is 0 Å². The monoisotopic (exact) mass is 444 g/mol. The molecule has 32 heavy (non-hydrogen) atoms. The molecule has 4 rings (SSSR count). The van der Waals surface area contributed by atoms with E-state index in [1.165, 1.54) is 10.7 Å². The Morgan fingerprint density at radius 3 is 2.69 bits per heavy atom. The van der Waals surface area contributed by atoms with Gasteiger partial charge in [-0.1, -0.05) is 24.1 Å². The van der Waals surface area contributed by atoms with Gasteiger partial charge < -0.3 is 20.6 Å². The van der Waals surface area contributed by atoms with Gasteiger partial charge in [0.1, 0.15) is 5.82 Å². The van der Waals surface area contributed by atoms with Gasteiger partial charge in [-0.3, -0.25) is 4.79 Å². The molecule has 3 N–H and O–H groups in total. The normalized spacial score (nSPS) is 18.5. The zero-order chi connectivity index (χ0) is 22.7. The van der Waals surface area contributed by atoms with Crippen LogP contribution in [0.2, 0.25) is 0 Å². The summed E-state index contributed by atoms with van der Waals surface area (Å²) in [5, 5.41) is 24.6. The molecule has 0 atom stereocenters. The highest BCUT2D eigenvalue weighted by Gasteiger charge is 2.35. The second-order valence-electron chi connectivity index (χ2n) is 8.81. The van der Waals surface area contributed by atoms with Gasteiger partial charge in [-0.15, -0.1) is 5.10 Å². The molecule has 172 valence electrons. The Balaban J connectivity index is 1.29. The van der Waals surface area contributed by atoms with E-state index in [4.69, 9.17) is 0 Å². The van der Waals surface area contributed by atoms with E-state index in [0.717, 1.165) is 25.7 Å². The molecule has 10 heteroatoms. The Hall–Kier alpha value is -3.01. The Labute approximate surface area is 186 Å². The third-order valence-corrected chi connectivity index (χ3v) is 6.41. The highest BCUT2D eigenvalue weighted by Crippen LogP contribution is 2.25. The van der Waals surface area contributed by atoms with Crippen LogP contribution in [0.15, 0.2) is 24.4 Å². The van der Waals surface area contributed by atoms with Gasteiger partial charge in [-0.05, 0) is 44.7 Å². The SMILES string of the molecule is Cc1c(F)cccc1NC(=O)N1CCC(O)(Cn2cc(C(=O)NC3CCCC3)nn2)CC1. The fourth-order valence-electron chi connectivity index (χ4n) is 4.33. The number of amides is 3. The highest BCUT2D eigenvalue weighted by atomic mass is 19.1. The van der Waals surface area contributed by atoms with Crippen molar-refractivity contribution in [2.24, 2.45) is 0 Å². The number of likely N-dealkylation sites (tertiary alicyclic amines) is 1. The maximum absolute atomic E-state index is 13.7. The second kappa shape index (κ2) is 9.23. The molecule has 9 nitrogen and oxygen atoms in total. The van der Waals surface area contributed by atoms with Crippen molar-refractivity contribution in [2.75, 3.05) is 18.4 Å². The number of aromatic nitrogens is 3. The molecule has 1 saturated heterocycles. The Kier molecular flexibility index (Phi) is 6.40. The molecule has 1 aliphatic heterocycles. The van der Waals surface area contributed by atoms with Crippen molar-refractivity contribution in [3.05, 3.63) is 41.5 Å². The maximum atomic E-state index is 13.7. The molecule has 0 radical (unpaired) electrons. The van der Waals surface area contributed by atoms with Crippen LogP contribution in [0.3, 0.4) is 0 Å². The number of urea groups is 1. The lowest BCUT2D eigenvalue weighted by Crippen LogP contribution is -2.49. The van der Waals surface area contributed by atoms with Gasteiger partial charge >= 0.3 is 6.03 Å². The number of nitrogens with zero attached hydrogens (tertiary/aromatic N) is 4. The summed E-state index contributed by atoms with van der Waals surface area (Å²) in [6.45, 7) is 2.50. The first-order valence-electron chi connectivity index (χ1n) is 11.1. The molecule has 2 heterocycles. The first-order chi connectivity index (χ1) is 15.3. The summed E-state index contributed by atoms with van der Waals surface area (Å²) < 4.78 is 15.2. The van der Waals surface area contributed by atoms with Crippen LogP contribution in [0.5, 0.6) is 0 Å². The Morgan fingerprint density at radius 1 is 1.25 bits per heavy atom. The van der Waals surface area contributed by atoms with Crippen molar-refractivity contribution in [2.45, 2.75) is 63.6 Å². The Morgan fingerprint density at radius 2 is 1.97 bits per heavy atom. The van der Waals surface area contributed by atoms with E-state index in [1.54, 1.807) is 30.2 Å². The van der Waals surface area contributed by atoms with Gasteiger partial charge in [0.15, 0.2) is 5.69 Å². The zero-order valence-electron chi connectivity index (χ0n) is 18.2. The summed E-state index contributed by atoms with van der Waals surface area (Å²) in [6.07, 6.45) is 6.49. The van der Waals surface area contributed by atoms with Crippen LogP contribution in [-0.2, 0) is 6.54 Å². The molecule has 0 bridgehead atoms. The maximum Gasteiger partial charge on any atom is 0.321 e. The molecule has 0 spiro atoms. The summed E-state index contributed by atoms with van der Waals surface area (Å²) in [5.41, 5.74) is -0.00343. The number of piperidine rings is 1. The lowest BCUT2D eigenvalue weighted by molar-refractivity contribution is -0.0276. The van der Waals surface area contributed by atoms with Crippen LogP contribution >= 0.6 is 0 Å². The average Bonchev–Trinajstić information content (AvgIpc) is 3.44. The first kappa shape index (κ1) is 22.2. The number of halogens is 1. The fraction of sp³-hybridized carbons (Fsp3) is 0.545. The van der Waals surface area contributed by atoms with Crippen molar-refractivity contribution < 1.29 is 19.1 Å². The van der Waals surface area contributed by atoms with E-state index >= 15 is 0 Å². The number of carbonyl (C=O) groups is 2. The molecule has 0 unspecified atom stereocenters. The van der Waals surface area contributed by atoms with Crippen molar-refractivity contribution >= 4 is 17.6 Å². The van der Waals surface area contributed by atoms with E-state index in [0.29, 0.717) is 37.2 Å². The van der Waals surface area contributed by atoms with Crippen LogP contribution in [0.4, 0.5) is 14.9 Å². The van der Waals surface area contributed by atoms with Crippen LogP contribution in [0.1, 0.15) is 54.6 Å². The molecule has 1 saturated carbocycles. The van der Waals surface area contributed by atoms with E-state index in [9.17, 15) is 19.1 Å². The highest BCUT2D eigenvalue weighted by molar-refractivity contribution is 5.92. The number of nitrogens with one attached hydrogen (secondary N) is 2. The van der Waals surface area contributed by atoms with Crippen LogP contribution in [0.25, 0.3) is 0 Å². The smallest absolute Gasteiger partial charge is 0.321 e. The predicted octanol–water partition coefficient (Wildman–Crippen LogP) is 2.46. The number of carbonyl (C=O) groups excluding carboxylic acids is 2. The summed E-state index contributed by atoms with van der Waals surface area (Å²) in [6, 6.07) is 4.42. The largest absolute Gasteiger partial charge is 0.388 e. The minimum absolute atomic E-state index is 0.190. The van der Waals surface area contributed by atoms with Gasteiger partial charge in [-0.25, -0.2) is 13.9 Å². The van der Waals surface area contributed by atoms with Crippen molar-refractivity contribution in [3.8, 4) is 0 Å². The summed E-state index contributed by atoms with van der Waals surface area (Å²) in [7, 11) is 0. The Bertz CT molecular complexity index is 980. The number of aliphatic hydroxyl groups is 1. The molecular formula is C22H29FN6O3. The third-order valence-electron chi connectivity index (χ3n) is 6.41. The van der Waals surface area contributed by atoms with E-state index in [-0.39, 0.29) is 36.0 Å². The van der Waals surface area contributed by atoms with Gasteiger partial charge in [0, 0.05) is 30.4 Å². The van der Waals surface area contributed by atoms with Gasteiger partial charge in [0.2, 0.25) is 0 Å². The quantitative estimate of drug-likeness (QED) is 0.656. The van der Waals surface area contributed by atoms with Gasteiger partial charge in [0.05, 0.1) is 18.3 Å². The van der Waals surface area contributed by atoms with Crippen molar-refractivity contribution in [1.29, 1.82) is 0 Å². The van der Waals surface area contributed by atoms with Crippen LogP contribution in [-0.4, -0.2) is 61.7 Å². The number of hydrogen-bond acceptors (Lipinski definition) is 5. The molecule has 1 aliphatic carbocycles. The molecular weight excluding hydrogens is 415 g/mol. The molecule has 3 amide bonds. The molecule has 2 aliphatic rings. The number of hydrogen-bond donors (Lipinski definition) is 3. The summed E-state index contributed by atoms with van der Waals surface area (Å²) >= 11 is 0. The third kappa shape index (κ3) is 5.07. The lowest BCUT2D eigenvalue weighted by Gasteiger charge is -2.38. The number of benzene rings is 1. The van der Waals surface area contributed by atoms with Crippen LogP contribution in [0, 0.1) is 12.7 Å². The van der Waals surface area contributed by atoms with E-state index in [2.05, 4.69) is 20.9 Å². The van der Waals surface area contributed by atoms with Gasteiger partial charge in [0.25, 0.3) is 5.91 Å². The second-order valence-corrected chi connectivity index (χ2v) is 8.81. The minimum Gasteiger partial charge on any atom is -0.388 e. The molecule has 1 aromatic heterocycles. The first-order valence-corrected chi connectivity index (χ1v) is 11.1. The van der Waals surface area contributed by atoms with Gasteiger partial charge in [-0.2, -0.15) is 0 Å². The van der Waals surface area contributed by atoms with Crippen LogP contribution < -0.4 is 10.6 Å². The number of anilines is 1.